The van der Waals surface area contributed by atoms with Crippen molar-refractivity contribution in [1.29, 1.82) is 0 Å². The molecule has 0 aliphatic rings. The normalized spacial score (nSPS) is 11.2. The zero-order valence-electron chi connectivity index (χ0n) is 10.4. The van der Waals surface area contributed by atoms with E-state index in [0.29, 0.717) is 6.42 Å². The lowest BCUT2D eigenvalue weighted by molar-refractivity contribution is -0.157. The van der Waals surface area contributed by atoms with Crippen LogP contribution in [0, 0.1) is 0 Å². The Labute approximate surface area is 97.0 Å². The van der Waals surface area contributed by atoms with E-state index in [9.17, 15) is 9.59 Å². The van der Waals surface area contributed by atoms with Gasteiger partial charge in [-0.15, -0.1) is 0 Å². The Morgan fingerprint density at radius 2 is 1.81 bits per heavy atom. The highest BCUT2D eigenvalue weighted by molar-refractivity contribution is 5.71. The topological polar surface area (TPSA) is 63.6 Å². The summed E-state index contributed by atoms with van der Waals surface area (Å²) in [6, 6.07) is 0. The molecule has 0 amide bonds. The summed E-state index contributed by atoms with van der Waals surface area (Å²) in [5.74, 6) is -1.18. The second-order valence-corrected chi connectivity index (χ2v) is 4.58. The van der Waals surface area contributed by atoms with E-state index in [4.69, 9.17) is 9.84 Å². The Morgan fingerprint density at radius 3 is 2.31 bits per heavy atom. The fourth-order valence-corrected chi connectivity index (χ4v) is 1.40. The molecule has 0 spiro atoms. The van der Waals surface area contributed by atoms with Crippen molar-refractivity contribution >= 4 is 11.9 Å². The average Bonchev–Trinajstić information content (AvgIpc) is 2.13. The number of hydrogen-bond donors (Lipinski definition) is 1. The molecule has 0 unspecified atom stereocenters. The van der Waals surface area contributed by atoms with Crippen LogP contribution in [-0.4, -0.2) is 22.6 Å². The Bertz CT molecular complexity index is 233. The monoisotopic (exact) mass is 230 g/mol. The first kappa shape index (κ1) is 14.9. The van der Waals surface area contributed by atoms with Crippen LogP contribution in [0.3, 0.4) is 0 Å². The third kappa shape index (κ3) is 8.26. The van der Waals surface area contributed by atoms with Gasteiger partial charge in [0, 0.05) is 12.8 Å². The third-order valence-electron chi connectivity index (χ3n) is 2.29. The second kappa shape index (κ2) is 7.25. The molecule has 0 heterocycles. The van der Waals surface area contributed by atoms with Crippen molar-refractivity contribution in [3.8, 4) is 0 Å². The van der Waals surface area contributed by atoms with Crippen LogP contribution in [0.1, 0.15) is 59.3 Å². The number of rotatable bonds is 8. The first-order valence-corrected chi connectivity index (χ1v) is 5.81. The van der Waals surface area contributed by atoms with Gasteiger partial charge in [-0.05, 0) is 33.1 Å². The summed E-state index contributed by atoms with van der Waals surface area (Å²) in [7, 11) is 0. The molecule has 0 aromatic rings. The van der Waals surface area contributed by atoms with E-state index in [2.05, 4.69) is 6.92 Å². The average molecular weight is 230 g/mol. The molecule has 0 aliphatic carbocycles. The van der Waals surface area contributed by atoms with Crippen LogP contribution >= 0.6 is 0 Å². The first-order valence-electron chi connectivity index (χ1n) is 5.81. The molecule has 4 nitrogen and oxygen atoms in total. The highest BCUT2D eigenvalue weighted by atomic mass is 16.6. The summed E-state index contributed by atoms with van der Waals surface area (Å²) in [5.41, 5.74) is -0.434. The van der Waals surface area contributed by atoms with E-state index in [1.54, 1.807) is 0 Å². The molecule has 0 saturated carbocycles. The highest BCUT2D eigenvalue weighted by Gasteiger charge is 2.21. The van der Waals surface area contributed by atoms with Crippen molar-refractivity contribution in [2.45, 2.75) is 64.9 Å². The molecule has 0 bridgehead atoms. The number of aliphatic carboxylic acids is 1. The van der Waals surface area contributed by atoms with Crippen molar-refractivity contribution in [3.05, 3.63) is 0 Å². The summed E-state index contributed by atoms with van der Waals surface area (Å²) in [6.07, 6.45) is 3.48. The summed E-state index contributed by atoms with van der Waals surface area (Å²) < 4.78 is 5.29. The number of esters is 1. The highest BCUT2D eigenvalue weighted by Crippen LogP contribution is 2.19. The fraction of sp³-hybridized carbons (Fsp3) is 0.833. The van der Waals surface area contributed by atoms with Crippen molar-refractivity contribution in [3.63, 3.8) is 0 Å². The van der Waals surface area contributed by atoms with Gasteiger partial charge in [-0.25, -0.2) is 0 Å². The lowest BCUT2D eigenvalue weighted by Gasteiger charge is -2.24. The molecule has 0 fully saturated rings. The van der Waals surface area contributed by atoms with E-state index in [1.807, 2.05) is 13.8 Å². The number of carbonyl (C=O) groups excluding carboxylic acids is 1. The molecule has 0 aromatic heterocycles. The maximum atomic E-state index is 11.4. The molecule has 0 saturated heterocycles. The van der Waals surface area contributed by atoms with Gasteiger partial charge in [-0.3, -0.25) is 9.59 Å². The molecule has 16 heavy (non-hydrogen) atoms. The third-order valence-corrected chi connectivity index (χ3v) is 2.29. The summed E-state index contributed by atoms with van der Waals surface area (Å²) in [6.45, 7) is 5.86. The van der Waals surface area contributed by atoms with E-state index >= 15 is 0 Å². The molecule has 4 heteroatoms. The van der Waals surface area contributed by atoms with E-state index in [1.165, 1.54) is 0 Å². The van der Waals surface area contributed by atoms with Gasteiger partial charge in [0.15, 0.2) is 0 Å². The lowest BCUT2D eigenvalue weighted by Crippen LogP contribution is -2.27. The summed E-state index contributed by atoms with van der Waals surface area (Å²) in [5, 5.41) is 8.42. The number of carboxylic acids is 1. The minimum Gasteiger partial charge on any atom is -0.481 e. The van der Waals surface area contributed by atoms with Gasteiger partial charge in [0.25, 0.3) is 0 Å². The van der Waals surface area contributed by atoms with Crippen molar-refractivity contribution in [1.82, 2.24) is 0 Å². The molecule has 0 aromatic carbocycles. The van der Waals surface area contributed by atoms with E-state index in [0.717, 1.165) is 19.3 Å². The Hall–Kier alpha value is -1.06. The second-order valence-electron chi connectivity index (χ2n) is 4.58. The minimum absolute atomic E-state index is 0.0183. The van der Waals surface area contributed by atoms with E-state index < -0.39 is 11.6 Å². The van der Waals surface area contributed by atoms with Crippen LogP contribution in [-0.2, 0) is 14.3 Å². The maximum absolute atomic E-state index is 11.4. The van der Waals surface area contributed by atoms with Gasteiger partial charge < -0.3 is 9.84 Å². The van der Waals surface area contributed by atoms with Gasteiger partial charge >= 0.3 is 11.9 Å². The number of hydrogen-bond acceptors (Lipinski definition) is 3. The minimum atomic E-state index is -0.877. The molecule has 0 atom stereocenters. The fourth-order valence-electron chi connectivity index (χ4n) is 1.40. The smallest absolute Gasteiger partial charge is 0.306 e. The summed E-state index contributed by atoms with van der Waals surface area (Å²) >= 11 is 0. The van der Waals surface area contributed by atoms with Crippen molar-refractivity contribution in [2.24, 2.45) is 0 Å². The first-order chi connectivity index (χ1) is 7.37. The van der Waals surface area contributed by atoms with Crippen molar-refractivity contribution < 1.29 is 19.4 Å². The molecule has 94 valence electrons. The molecular formula is C12H22O4. The van der Waals surface area contributed by atoms with Crippen LogP contribution in [0.4, 0.5) is 0 Å². The van der Waals surface area contributed by atoms with E-state index in [-0.39, 0.29) is 18.8 Å². The molecule has 1 N–H and O–H groups in total. The van der Waals surface area contributed by atoms with Gasteiger partial charge in [0.2, 0.25) is 0 Å². The van der Waals surface area contributed by atoms with Crippen LogP contribution in [0.25, 0.3) is 0 Å². The van der Waals surface area contributed by atoms with Crippen molar-refractivity contribution in [2.75, 3.05) is 0 Å². The van der Waals surface area contributed by atoms with Gasteiger partial charge in [-0.1, -0.05) is 13.3 Å². The predicted octanol–water partition coefficient (Wildman–Crippen LogP) is 2.75. The number of ether oxygens (including phenoxy) is 1. The number of carbonyl (C=O) groups is 2. The SMILES string of the molecule is CCCCC(C)(C)OC(=O)CCCC(=O)O. The Balaban J connectivity index is 3.80. The van der Waals surface area contributed by atoms with Gasteiger partial charge in [0.1, 0.15) is 5.60 Å². The number of carboxylic acid groups (broad SMARTS) is 1. The van der Waals surface area contributed by atoms with Crippen LogP contribution in [0.15, 0.2) is 0 Å². The molecule has 0 rings (SSSR count). The predicted molar refractivity (Wildman–Crippen MR) is 61.2 cm³/mol. The Kier molecular flexibility index (Phi) is 6.77. The van der Waals surface area contributed by atoms with Crippen LogP contribution < -0.4 is 0 Å². The Morgan fingerprint density at radius 1 is 1.19 bits per heavy atom. The quantitative estimate of drug-likeness (QED) is 0.651. The van der Waals surface area contributed by atoms with Gasteiger partial charge in [-0.2, -0.15) is 0 Å². The molecule has 0 aliphatic heterocycles. The lowest BCUT2D eigenvalue weighted by atomic mass is 10.0. The zero-order valence-corrected chi connectivity index (χ0v) is 10.4. The largest absolute Gasteiger partial charge is 0.481 e. The van der Waals surface area contributed by atoms with Crippen LogP contribution in [0.2, 0.25) is 0 Å². The molecular weight excluding hydrogens is 208 g/mol. The molecule has 0 radical (unpaired) electrons. The zero-order chi connectivity index (χ0) is 12.6. The van der Waals surface area contributed by atoms with Gasteiger partial charge in [0.05, 0.1) is 0 Å². The standard InChI is InChI=1S/C12H22O4/c1-4-5-9-12(2,3)16-11(15)8-6-7-10(13)14/h4-9H2,1-3H3,(H,13,14). The maximum Gasteiger partial charge on any atom is 0.306 e. The summed E-state index contributed by atoms with van der Waals surface area (Å²) in [4.78, 5) is 21.6. The number of unbranched alkanes of at least 4 members (excludes halogenated alkanes) is 1. The van der Waals surface area contributed by atoms with Crippen LogP contribution in [0.5, 0.6) is 0 Å².